The molecule has 0 saturated carbocycles. The maximum absolute atomic E-state index is 14.0. The van der Waals surface area contributed by atoms with E-state index in [-0.39, 0.29) is 18.0 Å². The fourth-order valence-electron chi connectivity index (χ4n) is 2.33. The highest BCUT2D eigenvalue weighted by atomic mass is 19.1. The molecule has 0 fully saturated rings. The molecule has 1 amide bonds. The van der Waals surface area contributed by atoms with Crippen LogP contribution in [0.5, 0.6) is 0 Å². The first kappa shape index (κ1) is 14.3. The van der Waals surface area contributed by atoms with E-state index in [2.05, 4.69) is 4.98 Å². The SMILES string of the molecule is CN(C)C(=O)Cn1cc(F)c2ncc(-c3ccccc3)cc21. The highest BCUT2D eigenvalue weighted by molar-refractivity contribution is 5.84. The predicted octanol–water partition coefficient (Wildman–Crippen LogP) is 2.93. The number of carbonyl (C=O) groups excluding carboxylic acids is 1. The summed E-state index contributed by atoms with van der Waals surface area (Å²) in [7, 11) is 3.36. The van der Waals surface area contributed by atoms with E-state index in [0.717, 1.165) is 11.1 Å². The van der Waals surface area contributed by atoms with Crippen LogP contribution in [0.4, 0.5) is 4.39 Å². The van der Waals surface area contributed by atoms with Gasteiger partial charge in [0, 0.05) is 32.1 Å². The summed E-state index contributed by atoms with van der Waals surface area (Å²) < 4.78 is 15.6. The van der Waals surface area contributed by atoms with E-state index in [0.29, 0.717) is 5.52 Å². The molecule has 0 N–H and O–H groups in total. The average Bonchev–Trinajstić information content (AvgIpc) is 2.84. The number of likely N-dealkylation sites (N-methyl/N-ethyl adjacent to an activating group) is 1. The first-order chi connectivity index (χ1) is 10.6. The second-order valence-electron chi connectivity index (χ2n) is 5.35. The number of hydrogen-bond donors (Lipinski definition) is 0. The Bertz CT molecular complexity index is 825. The number of fused-ring (bicyclic) bond motifs is 1. The normalized spacial score (nSPS) is 10.9. The van der Waals surface area contributed by atoms with E-state index >= 15 is 0 Å². The Hall–Kier alpha value is -2.69. The standard InChI is InChI=1S/C17H16FN3O/c1-20(2)16(22)11-21-10-14(18)17-15(21)8-13(9-19-17)12-6-4-3-5-7-12/h3-10H,11H2,1-2H3. The molecule has 3 aromatic rings. The van der Waals surface area contributed by atoms with Crippen molar-refractivity contribution in [2.45, 2.75) is 6.54 Å². The van der Waals surface area contributed by atoms with Gasteiger partial charge in [0.2, 0.25) is 5.91 Å². The summed E-state index contributed by atoms with van der Waals surface area (Å²) in [5.74, 6) is -0.511. The van der Waals surface area contributed by atoms with Crippen LogP contribution in [-0.2, 0) is 11.3 Å². The zero-order valence-corrected chi connectivity index (χ0v) is 12.5. The van der Waals surface area contributed by atoms with Crippen LogP contribution in [0.15, 0.2) is 48.8 Å². The molecule has 0 saturated heterocycles. The van der Waals surface area contributed by atoms with Gasteiger partial charge in [-0.05, 0) is 11.6 Å². The van der Waals surface area contributed by atoms with Gasteiger partial charge in [-0.25, -0.2) is 4.39 Å². The van der Waals surface area contributed by atoms with Gasteiger partial charge < -0.3 is 9.47 Å². The summed E-state index contributed by atoms with van der Waals surface area (Å²) in [6, 6.07) is 11.6. The third-order valence-corrected chi connectivity index (χ3v) is 3.58. The Morgan fingerprint density at radius 3 is 2.64 bits per heavy atom. The van der Waals surface area contributed by atoms with E-state index in [1.807, 2.05) is 36.4 Å². The molecule has 4 nitrogen and oxygen atoms in total. The van der Waals surface area contributed by atoms with Gasteiger partial charge in [0.1, 0.15) is 12.1 Å². The number of pyridine rings is 1. The molecule has 0 aliphatic heterocycles. The maximum atomic E-state index is 14.0. The summed E-state index contributed by atoms with van der Waals surface area (Å²) in [6.45, 7) is 0.0906. The van der Waals surface area contributed by atoms with Gasteiger partial charge >= 0.3 is 0 Å². The Balaban J connectivity index is 2.08. The van der Waals surface area contributed by atoms with Gasteiger partial charge in [-0.3, -0.25) is 9.78 Å². The monoisotopic (exact) mass is 297 g/mol. The number of halogens is 1. The number of carbonyl (C=O) groups is 1. The molecular formula is C17H16FN3O. The number of amides is 1. The van der Waals surface area contributed by atoms with Gasteiger partial charge in [0.05, 0.1) is 5.52 Å². The molecule has 0 unspecified atom stereocenters. The van der Waals surface area contributed by atoms with Crippen molar-refractivity contribution in [2.24, 2.45) is 0 Å². The van der Waals surface area contributed by atoms with Crippen LogP contribution in [0.2, 0.25) is 0 Å². The van der Waals surface area contributed by atoms with E-state index in [1.54, 1.807) is 24.9 Å². The zero-order chi connectivity index (χ0) is 15.7. The van der Waals surface area contributed by atoms with Crippen molar-refractivity contribution in [3.8, 4) is 11.1 Å². The molecule has 0 atom stereocenters. The topological polar surface area (TPSA) is 38.1 Å². The van der Waals surface area contributed by atoms with E-state index < -0.39 is 5.82 Å². The van der Waals surface area contributed by atoms with E-state index in [1.165, 1.54) is 11.1 Å². The minimum Gasteiger partial charge on any atom is -0.347 e. The summed E-state index contributed by atoms with van der Waals surface area (Å²) in [6.07, 6.45) is 2.98. The molecule has 2 aromatic heterocycles. The van der Waals surface area contributed by atoms with Crippen molar-refractivity contribution in [3.05, 3.63) is 54.6 Å². The molecule has 0 aliphatic rings. The Morgan fingerprint density at radius 1 is 1.23 bits per heavy atom. The third-order valence-electron chi connectivity index (χ3n) is 3.58. The first-order valence-electron chi connectivity index (χ1n) is 6.96. The van der Waals surface area contributed by atoms with Gasteiger partial charge in [-0.2, -0.15) is 0 Å². The van der Waals surface area contributed by atoms with Crippen molar-refractivity contribution >= 4 is 16.9 Å². The van der Waals surface area contributed by atoms with Gasteiger partial charge in [0.15, 0.2) is 5.82 Å². The second-order valence-corrected chi connectivity index (χ2v) is 5.35. The summed E-state index contributed by atoms with van der Waals surface area (Å²) in [5, 5.41) is 0. The number of aromatic nitrogens is 2. The van der Waals surface area contributed by atoms with Crippen molar-refractivity contribution < 1.29 is 9.18 Å². The largest absolute Gasteiger partial charge is 0.347 e. The van der Waals surface area contributed by atoms with Crippen LogP contribution in [0, 0.1) is 5.82 Å². The molecule has 0 aliphatic carbocycles. The van der Waals surface area contributed by atoms with Crippen molar-refractivity contribution in [1.82, 2.24) is 14.5 Å². The third kappa shape index (κ3) is 2.57. The summed E-state index contributed by atoms with van der Waals surface area (Å²) >= 11 is 0. The molecule has 112 valence electrons. The fourth-order valence-corrected chi connectivity index (χ4v) is 2.33. The highest BCUT2D eigenvalue weighted by Crippen LogP contribution is 2.25. The molecule has 5 heteroatoms. The molecule has 0 spiro atoms. The average molecular weight is 297 g/mol. The van der Waals surface area contributed by atoms with Crippen LogP contribution in [0.25, 0.3) is 22.2 Å². The maximum Gasteiger partial charge on any atom is 0.241 e. The lowest BCUT2D eigenvalue weighted by Gasteiger charge is -2.11. The van der Waals surface area contributed by atoms with Crippen LogP contribution in [-0.4, -0.2) is 34.5 Å². The quantitative estimate of drug-likeness (QED) is 0.745. The molecule has 22 heavy (non-hydrogen) atoms. The van der Waals surface area contributed by atoms with Crippen LogP contribution >= 0.6 is 0 Å². The lowest BCUT2D eigenvalue weighted by atomic mass is 10.1. The smallest absolute Gasteiger partial charge is 0.241 e. The van der Waals surface area contributed by atoms with Crippen LogP contribution in [0.3, 0.4) is 0 Å². The van der Waals surface area contributed by atoms with Gasteiger partial charge in [0.25, 0.3) is 0 Å². The number of nitrogens with zero attached hydrogens (tertiary/aromatic N) is 3. The van der Waals surface area contributed by atoms with Crippen molar-refractivity contribution in [1.29, 1.82) is 0 Å². The predicted molar refractivity (Wildman–Crippen MR) is 83.8 cm³/mol. The van der Waals surface area contributed by atoms with Crippen LogP contribution in [0.1, 0.15) is 0 Å². The first-order valence-corrected chi connectivity index (χ1v) is 6.96. The van der Waals surface area contributed by atoms with Crippen LogP contribution < -0.4 is 0 Å². The lowest BCUT2D eigenvalue weighted by Crippen LogP contribution is -2.25. The molecular weight excluding hydrogens is 281 g/mol. The van der Waals surface area contributed by atoms with E-state index in [9.17, 15) is 9.18 Å². The van der Waals surface area contributed by atoms with E-state index in [4.69, 9.17) is 0 Å². The summed E-state index contributed by atoms with van der Waals surface area (Å²) in [5.41, 5.74) is 2.80. The van der Waals surface area contributed by atoms with Gasteiger partial charge in [-0.15, -0.1) is 0 Å². The Labute approximate surface area is 127 Å². The highest BCUT2D eigenvalue weighted by Gasteiger charge is 2.14. The molecule has 3 rings (SSSR count). The van der Waals surface area contributed by atoms with Crippen molar-refractivity contribution in [2.75, 3.05) is 14.1 Å². The fraction of sp³-hybridized carbons (Fsp3) is 0.176. The zero-order valence-electron chi connectivity index (χ0n) is 12.5. The summed E-state index contributed by atoms with van der Waals surface area (Å²) in [4.78, 5) is 17.6. The second kappa shape index (κ2) is 5.60. The Kier molecular flexibility index (Phi) is 3.63. The minimum absolute atomic E-state index is 0.0906. The minimum atomic E-state index is -0.416. The number of rotatable bonds is 3. The Morgan fingerprint density at radius 2 is 1.95 bits per heavy atom. The number of benzene rings is 1. The molecule has 1 aromatic carbocycles. The molecule has 0 bridgehead atoms. The van der Waals surface area contributed by atoms with Gasteiger partial charge in [-0.1, -0.05) is 30.3 Å². The van der Waals surface area contributed by atoms with Crippen molar-refractivity contribution in [3.63, 3.8) is 0 Å². The molecule has 2 heterocycles. The lowest BCUT2D eigenvalue weighted by molar-refractivity contribution is -0.129. The number of hydrogen-bond acceptors (Lipinski definition) is 2. The molecule has 0 radical (unpaired) electrons.